The second-order valence-corrected chi connectivity index (χ2v) is 14.9. The Morgan fingerprint density at radius 2 is 1.61 bits per heavy atom. The van der Waals surface area contributed by atoms with Crippen LogP contribution in [-0.4, -0.2) is 77.3 Å². The molecule has 1 aliphatic heterocycles. The Balaban J connectivity index is 0.000000402. The third-order valence-corrected chi connectivity index (χ3v) is 10.2. The first-order valence-electron chi connectivity index (χ1n) is 14.8. The fourth-order valence-corrected chi connectivity index (χ4v) is 6.79. The lowest BCUT2D eigenvalue weighted by Gasteiger charge is -2.28. The zero-order chi connectivity index (χ0) is 35.4. The fraction of sp³-hybridized carbons (Fsp3) is 0.290. The molecular weight excluding hydrogens is 690 g/mol. The smallest absolute Gasteiger partial charge is 0.573 e. The van der Waals surface area contributed by atoms with E-state index in [1.165, 1.54) is 59.7 Å². The highest BCUT2D eigenvalue weighted by atomic mass is 32.2. The molecule has 6 rings (SSSR count). The molecule has 2 aromatic heterocycles. The molecule has 1 saturated heterocycles. The SMILES string of the molecule is Cc1nc(-c2nc(-c3ccc(OC(F)(F)F)cc3)no2)nn1Cc1cccc([NH+]2CCC(S(C)(=O)=O)CC2)c1.O=S(=O)([O-])c1ccccc1. The molecule has 1 aliphatic rings. The molecule has 18 heteroatoms. The summed E-state index contributed by atoms with van der Waals surface area (Å²) in [4.78, 5) is 9.79. The number of aryl methyl sites for hydroxylation is 1. The van der Waals surface area contributed by atoms with Crippen LogP contribution in [0.25, 0.3) is 23.1 Å². The summed E-state index contributed by atoms with van der Waals surface area (Å²) >= 11 is 0. The molecule has 5 aromatic rings. The van der Waals surface area contributed by atoms with Gasteiger partial charge in [-0.15, -0.1) is 18.3 Å². The molecular formula is C31H31F3N6O7S2. The average molecular weight is 721 g/mol. The minimum atomic E-state index is -4.77. The second kappa shape index (κ2) is 14.5. The van der Waals surface area contributed by atoms with Crippen molar-refractivity contribution in [2.75, 3.05) is 19.3 Å². The Morgan fingerprint density at radius 3 is 2.20 bits per heavy atom. The van der Waals surface area contributed by atoms with Crippen LogP contribution in [0, 0.1) is 6.92 Å². The van der Waals surface area contributed by atoms with E-state index >= 15 is 0 Å². The average Bonchev–Trinajstić information content (AvgIpc) is 3.68. The van der Waals surface area contributed by atoms with Crippen molar-refractivity contribution in [1.82, 2.24) is 24.9 Å². The number of nitrogens with one attached hydrogen (secondary N) is 1. The molecule has 260 valence electrons. The summed E-state index contributed by atoms with van der Waals surface area (Å²) in [6.45, 7) is 3.77. The predicted octanol–water partition coefficient (Wildman–Crippen LogP) is 3.56. The highest BCUT2D eigenvalue weighted by Gasteiger charge is 2.31. The monoisotopic (exact) mass is 720 g/mol. The summed E-state index contributed by atoms with van der Waals surface area (Å²) in [5.74, 6) is 0.760. The third kappa shape index (κ3) is 9.71. The molecule has 0 spiro atoms. The molecule has 3 heterocycles. The maximum absolute atomic E-state index is 12.4. The maximum atomic E-state index is 12.4. The number of rotatable bonds is 8. The summed E-state index contributed by atoms with van der Waals surface area (Å²) in [6, 6.07) is 20.4. The number of ether oxygens (including phenoxy) is 1. The first kappa shape index (κ1) is 35.7. The molecule has 1 fully saturated rings. The van der Waals surface area contributed by atoms with Crippen molar-refractivity contribution < 1.29 is 48.7 Å². The topological polar surface area (TPSA) is 175 Å². The van der Waals surface area contributed by atoms with Gasteiger partial charge in [-0.05, 0) is 55.0 Å². The number of aromatic nitrogens is 5. The van der Waals surface area contributed by atoms with Crippen LogP contribution in [-0.2, 0) is 26.5 Å². The maximum Gasteiger partial charge on any atom is 0.573 e. The zero-order valence-electron chi connectivity index (χ0n) is 26.2. The molecule has 3 aromatic carbocycles. The first-order chi connectivity index (χ1) is 23.0. The standard InChI is InChI=1S/C25H25F3N6O4S.C6H6O3S/c1-16-29-23(24-30-22(32-38-24)18-6-8-20(9-7-18)37-25(26,27)28)31-34(16)15-17-4-3-5-19(14-17)33-12-10-21(11-13-33)39(2,35)36;7-10(8,9)6-4-2-1-3-5-6/h3-9,14,21H,10-13,15H2,1-2H3;1-5H,(H,7,8,9). The van der Waals surface area contributed by atoms with Crippen LogP contribution in [0.5, 0.6) is 5.75 Å². The van der Waals surface area contributed by atoms with Gasteiger partial charge in [-0.1, -0.05) is 35.5 Å². The number of halogens is 3. The van der Waals surface area contributed by atoms with Crippen LogP contribution in [0.2, 0.25) is 0 Å². The van der Waals surface area contributed by atoms with E-state index in [-0.39, 0.29) is 33.4 Å². The number of benzene rings is 3. The Hall–Kier alpha value is -4.65. The van der Waals surface area contributed by atoms with Gasteiger partial charge >= 0.3 is 6.36 Å². The molecule has 0 atom stereocenters. The van der Waals surface area contributed by atoms with Crippen LogP contribution in [0.1, 0.15) is 24.2 Å². The van der Waals surface area contributed by atoms with E-state index < -0.39 is 26.3 Å². The molecule has 0 bridgehead atoms. The minimum Gasteiger partial charge on any atom is -0.744 e. The van der Waals surface area contributed by atoms with Gasteiger partial charge in [-0.25, -0.2) is 26.5 Å². The van der Waals surface area contributed by atoms with Crippen LogP contribution < -0.4 is 9.64 Å². The van der Waals surface area contributed by atoms with Crippen molar-refractivity contribution in [2.24, 2.45) is 0 Å². The van der Waals surface area contributed by atoms with Gasteiger partial charge < -0.3 is 18.7 Å². The molecule has 49 heavy (non-hydrogen) atoms. The van der Waals surface area contributed by atoms with E-state index in [1.54, 1.807) is 17.7 Å². The summed E-state index contributed by atoms with van der Waals surface area (Å²) in [6.07, 6.45) is -2.19. The van der Waals surface area contributed by atoms with Gasteiger partial charge in [0, 0.05) is 30.7 Å². The highest BCUT2D eigenvalue weighted by molar-refractivity contribution is 7.91. The summed E-state index contributed by atoms with van der Waals surface area (Å²) in [5, 5.41) is 8.13. The van der Waals surface area contributed by atoms with Crippen molar-refractivity contribution >= 4 is 25.6 Å². The van der Waals surface area contributed by atoms with Crippen molar-refractivity contribution in [3.8, 4) is 28.9 Å². The molecule has 0 unspecified atom stereocenters. The Morgan fingerprint density at radius 1 is 0.939 bits per heavy atom. The Kier molecular flexibility index (Phi) is 10.5. The van der Waals surface area contributed by atoms with Crippen molar-refractivity contribution in [3.05, 3.63) is 90.3 Å². The Labute approximate surface area is 280 Å². The van der Waals surface area contributed by atoms with Crippen molar-refractivity contribution in [1.29, 1.82) is 0 Å². The molecule has 0 saturated carbocycles. The summed E-state index contributed by atoms with van der Waals surface area (Å²) in [5.41, 5.74) is 2.55. The minimum absolute atomic E-state index is 0.0782. The molecule has 13 nitrogen and oxygen atoms in total. The quantitative estimate of drug-likeness (QED) is 0.232. The number of hydrogen-bond donors (Lipinski definition) is 1. The number of alkyl halides is 3. The number of quaternary nitrogens is 1. The highest BCUT2D eigenvalue weighted by Crippen LogP contribution is 2.26. The van der Waals surface area contributed by atoms with Gasteiger partial charge in [0.15, 0.2) is 9.84 Å². The van der Waals surface area contributed by atoms with Crippen LogP contribution >= 0.6 is 0 Å². The molecule has 0 aliphatic carbocycles. The lowest BCUT2D eigenvalue weighted by Crippen LogP contribution is -3.08. The Bertz CT molecular complexity index is 2100. The summed E-state index contributed by atoms with van der Waals surface area (Å²) < 4.78 is 103. The largest absolute Gasteiger partial charge is 0.744 e. The van der Waals surface area contributed by atoms with E-state index in [0.717, 1.165) is 24.3 Å². The molecule has 0 radical (unpaired) electrons. The first-order valence-corrected chi connectivity index (χ1v) is 18.2. The van der Waals surface area contributed by atoms with E-state index in [9.17, 15) is 34.6 Å². The second-order valence-electron chi connectivity index (χ2n) is 11.2. The number of nitrogens with zero attached hydrogens (tertiary/aromatic N) is 5. The van der Waals surface area contributed by atoms with Crippen molar-refractivity contribution in [2.45, 2.75) is 42.8 Å². The van der Waals surface area contributed by atoms with E-state index in [4.69, 9.17) is 4.52 Å². The van der Waals surface area contributed by atoms with Gasteiger partial charge in [0.1, 0.15) is 27.4 Å². The van der Waals surface area contributed by atoms with Gasteiger partial charge in [0.2, 0.25) is 11.6 Å². The molecule has 0 amide bonds. The lowest BCUT2D eigenvalue weighted by atomic mass is 10.1. The predicted molar refractivity (Wildman–Crippen MR) is 168 cm³/mol. The van der Waals surface area contributed by atoms with E-state index in [1.807, 2.05) is 18.2 Å². The molecule has 1 N–H and O–H groups in total. The number of hydrogen-bond acceptors (Lipinski definition) is 11. The summed E-state index contributed by atoms with van der Waals surface area (Å²) in [7, 11) is -7.27. The van der Waals surface area contributed by atoms with Gasteiger partial charge in [0.05, 0.1) is 29.8 Å². The van der Waals surface area contributed by atoms with Gasteiger partial charge in [-0.2, -0.15) is 4.98 Å². The zero-order valence-corrected chi connectivity index (χ0v) is 27.8. The normalized spacial score (nSPS) is 16.9. The van der Waals surface area contributed by atoms with Gasteiger partial charge in [-0.3, -0.25) is 0 Å². The van der Waals surface area contributed by atoms with E-state index in [0.29, 0.717) is 30.8 Å². The number of piperidine rings is 1. The number of sulfone groups is 1. The van der Waals surface area contributed by atoms with Crippen LogP contribution in [0.15, 0.2) is 88.3 Å². The third-order valence-electron chi connectivity index (χ3n) is 7.66. The van der Waals surface area contributed by atoms with E-state index in [2.05, 4.69) is 31.0 Å². The van der Waals surface area contributed by atoms with Crippen molar-refractivity contribution in [3.63, 3.8) is 0 Å². The van der Waals surface area contributed by atoms with Crippen LogP contribution in [0.4, 0.5) is 18.9 Å². The fourth-order valence-electron chi connectivity index (χ4n) is 5.20. The van der Waals surface area contributed by atoms with Crippen LogP contribution in [0.3, 0.4) is 0 Å². The lowest BCUT2D eigenvalue weighted by molar-refractivity contribution is -0.838. The van der Waals surface area contributed by atoms with Gasteiger partial charge in [0.25, 0.3) is 5.89 Å².